The van der Waals surface area contributed by atoms with Crippen molar-refractivity contribution in [1.82, 2.24) is 0 Å². The first-order valence-corrected chi connectivity index (χ1v) is 19.5. The summed E-state index contributed by atoms with van der Waals surface area (Å²) in [5.41, 5.74) is 0. The predicted octanol–water partition coefficient (Wildman–Crippen LogP) is 10.9. The lowest BCUT2D eigenvalue weighted by atomic mass is 10.0. The van der Waals surface area contributed by atoms with Crippen LogP contribution in [0.2, 0.25) is 0 Å². The summed E-state index contributed by atoms with van der Waals surface area (Å²) in [7, 11) is 0. The number of aliphatic hydroxyl groups excluding tert-OH is 2. The molecule has 6 nitrogen and oxygen atoms in total. The van der Waals surface area contributed by atoms with E-state index in [1.807, 2.05) is 24.3 Å². The molecule has 6 heteroatoms. The largest absolute Gasteiger partial charge is 0.463 e. The number of carbonyl (C=O) groups is 2. The van der Waals surface area contributed by atoms with Gasteiger partial charge in [-0.2, -0.15) is 0 Å². The van der Waals surface area contributed by atoms with Crippen molar-refractivity contribution in [3.8, 4) is 0 Å². The molecule has 0 aromatic rings. The average Bonchev–Trinajstić information content (AvgIpc) is 3.05. The highest BCUT2D eigenvalue weighted by Crippen LogP contribution is 2.15. The Balaban J connectivity index is 3.49. The van der Waals surface area contributed by atoms with Crippen molar-refractivity contribution in [3.63, 3.8) is 0 Å². The van der Waals surface area contributed by atoms with Crippen LogP contribution in [0.15, 0.2) is 36.5 Å². The Hall–Kier alpha value is -1.92. The monoisotopic (exact) mass is 663 g/mol. The first kappa shape index (κ1) is 45.1. The number of hydrogen-bond acceptors (Lipinski definition) is 6. The van der Waals surface area contributed by atoms with Crippen molar-refractivity contribution in [2.75, 3.05) is 13.2 Å². The Morgan fingerprint density at radius 3 is 1.49 bits per heavy atom. The van der Waals surface area contributed by atoms with Crippen molar-refractivity contribution in [2.45, 2.75) is 193 Å². The van der Waals surface area contributed by atoms with Gasteiger partial charge in [0.2, 0.25) is 0 Å². The lowest BCUT2D eigenvalue weighted by molar-refractivity contribution is -0.152. The summed E-state index contributed by atoms with van der Waals surface area (Å²) in [5, 5.41) is 19.8. The number of ether oxygens (including phenoxy) is 2. The third kappa shape index (κ3) is 36.8. The van der Waals surface area contributed by atoms with Gasteiger partial charge in [0.1, 0.15) is 19.3 Å². The SMILES string of the molecule is CC/C=C/CC(O)/C=C/C=C/CCCCCCCC(=O)OC[C@@H](O)COC(=O)CCCCCCCCCCCCCCCCC(C)C. The van der Waals surface area contributed by atoms with Crippen LogP contribution < -0.4 is 0 Å². The zero-order chi connectivity index (χ0) is 34.6. The molecule has 0 aliphatic carbocycles. The maximum Gasteiger partial charge on any atom is 0.305 e. The second kappa shape index (κ2) is 35.4. The Kier molecular flexibility index (Phi) is 33.9. The third-order valence-corrected chi connectivity index (χ3v) is 8.40. The summed E-state index contributed by atoms with van der Waals surface area (Å²) in [5.74, 6) is 0.232. The fraction of sp³-hybridized carbons (Fsp3) is 0.805. The number of esters is 2. The van der Waals surface area contributed by atoms with Crippen LogP contribution in [0.3, 0.4) is 0 Å². The van der Waals surface area contributed by atoms with Crippen LogP contribution in [-0.2, 0) is 19.1 Å². The van der Waals surface area contributed by atoms with Gasteiger partial charge in [0.05, 0.1) is 6.10 Å². The molecule has 274 valence electrons. The van der Waals surface area contributed by atoms with E-state index in [0.29, 0.717) is 19.3 Å². The van der Waals surface area contributed by atoms with Crippen LogP contribution in [0.1, 0.15) is 181 Å². The Bertz CT molecular complexity index is 787. The Morgan fingerprint density at radius 1 is 0.574 bits per heavy atom. The molecule has 1 unspecified atom stereocenters. The number of aliphatic hydroxyl groups is 2. The molecule has 0 saturated heterocycles. The van der Waals surface area contributed by atoms with Crippen molar-refractivity contribution >= 4 is 11.9 Å². The first-order valence-electron chi connectivity index (χ1n) is 19.5. The van der Waals surface area contributed by atoms with E-state index in [-0.39, 0.29) is 25.2 Å². The maximum atomic E-state index is 12.0. The van der Waals surface area contributed by atoms with E-state index in [9.17, 15) is 19.8 Å². The third-order valence-electron chi connectivity index (χ3n) is 8.40. The maximum absolute atomic E-state index is 12.0. The molecule has 2 atom stereocenters. The predicted molar refractivity (Wildman–Crippen MR) is 197 cm³/mol. The van der Waals surface area contributed by atoms with Gasteiger partial charge in [-0.25, -0.2) is 0 Å². The van der Waals surface area contributed by atoms with Gasteiger partial charge < -0.3 is 19.7 Å². The summed E-state index contributed by atoms with van der Waals surface area (Å²) in [6.07, 6.45) is 38.2. The molecule has 0 aliphatic heterocycles. The van der Waals surface area contributed by atoms with E-state index in [0.717, 1.165) is 70.1 Å². The lowest BCUT2D eigenvalue weighted by Crippen LogP contribution is -2.25. The van der Waals surface area contributed by atoms with Crippen LogP contribution in [0.25, 0.3) is 0 Å². The summed E-state index contributed by atoms with van der Waals surface area (Å²) >= 11 is 0. The van der Waals surface area contributed by atoms with E-state index in [1.165, 1.54) is 77.0 Å². The second-order valence-electron chi connectivity index (χ2n) is 13.7. The lowest BCUT2D eigenvalue weighted by Gasteiger charge is -2.12. The van der Waals surface area contributed by atoms with Crippen LogP contribution in [0, 0.1) is 5.92 Å². The quantitative estimate of drug-likeness (QED) is 0.0308. The molecule has 0 amide bonds. The van der Waals surface area contributed by atoms with E-state index >= 15 is 0 Å². The second-order valence-corrected chi connectivity index (χ2v) is 13.7. The van der Waals surface area contributed by atoms with Gasteiger partial charge in [-0.05, 0) is 44.4 Å². The molecule has 0 aromatic heterocycles. The highest BCUT2D eigenvalue weighted by molar-refractivity contribution is 5.69. The van der Waals surface area contributed by atoms with E-state index < -0.39 is 12.2 Å². The minimum absolute atomic E-state index is 0.134. The molecule has 0 bridgehead atoms. The molecule has 0 saturated carbocycles. The zero-order valence-electron chi connectivity index (χ0n) is 30.8. The Labute approximate surface area is 289 Å². The van der Waals surface area contributed by atoms with Gasteiger partial charge in [0.15, 0.2) is 0 Å². The van der Waals surface area contributed by atoms with Crippen LogP contribution in [0.4, 0.5) is 0 Å². The summed E-state index contributed by atoms with van der Waals surface area (Å²) in [4.78, 5) is 23.9. The molecule has 47 heavy (non-hydrogen) atoms. The topological polar surface area (TPSA) is 93.1 Å². The molecule has 0 radical (unpaired) electrons. The van der Waals surface area contributed by atoms with Gasteiger partial charge in [0.25, 0.3) is 0 Å². The van der Waals surface area contributed by atoms with Crippen molar-refractivity contribution in [2.24, 2.45) is 5.92 Å². The fourth-order valence-corrected chi connectivity index (χ4v) is 5.42. The summed E-state index contributed by atoms with van der Waals surface area (Å²) < 4.78 is 10.3. The smallest absolute Gasteiger partial charge is 0.305 e. The van der Waals surface area contributed by atoms with E-state index in [4.69, 9.17) is 9.47 Å². The van der Waals surface area contributed by atoms with Gasteiger partial charge in [-0.1, -0.05) is 166 Å². The number of unbranched alkanes of at least 4 members (excludes halogenated alkanes) is 18. The first-order chi connectivity index (χ1) is 22.8. The fourth-order valence-electron chi connectivity index (χ4n) is 5.42. The number of rotatable bonds is 34. The molecule has 0 spiro atoms. The highest BCUT2D eigenvalue weighted by atomic mass is 16.6. The van der Waals surface area contributed by atoms with Crippen LogP contribution in [0.5, 0.6) is 0 Å². The average molecular weight is 663 g/mol. The van der Waals surface area contributed by atoms with E-state index in [1.54, 1.807) is 0 Å². The van der Waals surface area contributed by atoms with Gasteiger partial charge in [-0.3, -0.25) is 9.59 Å². The van der Waals surface area contributed by atoms with Crippen molar-refractivity contribution in [3.05, 3.63) is 36.5 Å². The minimum atomic E-state index is -0.985. The molecule has 0 aliphatic rings. The van der Waals surface area contributed by atoms with Crippen LogP contribution >= 0.6 is 0 Å². The van der Waals surface area contributed by atoms with Crippen LogP contribution in [-0.4, -0.2) is 47.6 Å². The van der Waals surface area contributed by atoms with Gasteiger partial charge >= 0.3 is 11.9 Å². The number of hydrogen-bond donors (Lipinski definition) is 2. The molecule has 0 fully saturated rings. The summed E-state index contributed by atoms with van der Waals surface area (Å²) in [6.45, 7) is 6.42. The highest BCUT2D eigenvalue weighted by Gasteiger charge is 2.12. The molecular formula is C41H74O6. The van der Waals surface area contributed by atoms with E-state index in [2.05, 4.69) is 32.9 Å². The van der Waals surface area contributed by atoms with Crippen molar-refractivity contribution in [1.29, 1.82) is 0 Å². The minimum Gasteiger partial charge on any atom is -0.463 e. The molecule has 0 rings (SSSR count). The normalized spacial score (nSPS) is 13.3. The molecular weight excluding hydrogens is 588 g/mol. The Morgan fingerprint density at radius 2 is 1.02 bits per heavy atom. The standard InChI is InChI=1S/C41H74O6/c1-4-5-25-31-38(42)32-27-22-18-14-12-16-20-24-29-34-41(45)47-36-39(43)35-46-40(44)33-28-23-19-15-11-9-7-6-8-10-13-17-21-26-30-37(2)3/h5,18,22,25,27,32,37-39,42-43H,4,6-17,19-21,23-24,26,28-31,33-36H2,1-3H3/b22-18+,25-5+,32-27+/t38?,39-/m0/s1. The van der Waals surface area contributed by atoms with Gasteiger partial charge in [0, 0.05) is 12.8 Å². The molecule has 0 heterocycles. The molecule has 2 N–H and O–H groups in total. The zero-order valence-corrected chi connectivity index (χ0v) is 30.8. The van der Waals surface area contributed by atoms with Gasteiger partial charge in [-0.15, -0.1) is 0 Å². The molecule has 0 aromatic carbocycles. The van der Waals surface area contributed by atoms with Crippen molar-refractivity contribution < 1.29 is 29.3 Å². The summed E-state index contributed by atoms with van der Waals surface area (Å²) in [6, 6.07) is 0. The number of carbonyl (C=O) groups excluding carboxylic acids is 2. The number of allylic oxidation sites excluding steroid dienone is 4.